The normalized spacial score (nSPS) is 14.6. The van der Waals surface area contributed by atoms with Crippen molar-refractivity contribution in [1.82, 2.24) is 5.06 Å². The molecule has 5 rings (SSSR count). The van der Waals surface area contributed by atoms with E-state index in [1.165, 1.54) is 18.3 Å². The van der Waals surface area contributed by atoms with Gasteiger partial charge in [0.2, 0.25) is 0 Å². The van der Waals surface area contributed by atoms with Crippen LogP contribution in [0.2, 0.25) is 0 Å². The van der Waals surface area contributed by atoms with Gasteiger partial charge >= 0.3 is 5.97 Å². The Balaban J connectivity index is 1.48. The third-order valence-electron chi connectivity index (χ3n) is 6.52. The van der Waals surface area contributed by atoms with E-state index in [1.54, 1.807) is 48.5 Å². The molecule has 0 amide bonds. The second-order valence-electron chi connectivity index (χ2n) is 9.08. The molecule has 190 valence electrons. The minimum absolute atomic E-state index is 0.0685. The van der Waals surface area contributed by atoms with Gasteiger partial charge in [-0.25, -0.2) is 4.79 Å². The Morgan fingerprint density at radius 1 is 0.974 bits per heavy atom. The summed E-state index contributed by atoms with van der Waals surface area (Å²) in [6, 6.07) is 21.7. The van der Waals surface area contributed by atoms with Crippen LogP contribution in [0.25, 0.3) is 17.2 Å². The molecule has 1 atom stereocenters. The van der Waals surface area contributed by atoms with Gasteiger partial charge in [0.15, 0.2) is 5.75 Å². The Hall–Kier alpha value is -4.95. The molecule has 8 nitrogen and oxygen atoms in total. The predicted octanol–water partition coefficient (Wildman–Crippen LogP) is 6.51. The number of azo groups is 1. The van der Waals surface area contributed by atoms with Crippen molar-refractivity contribution in [2.45, 2.75) is 19.4 Å². The van der Waals surface area contributed by atoms with Crippen LogP contribution < -0.4 is 5.11 Å². The van der Waals surface area contributed by atoms with Gasteiger partial charge in [-0.05, 0) is 65.9 Å². The average molecular weight is 507 g/mol. The van der Waals surface area contributed by atoms with Crippen molar-refractivity contribution in [1.29, 1.82) is 0 Å². The third kappa shape index (κ3) is 4.85. The molecular formula is C30H24N3O5-. The maximum atomic E-state index is 13.5. The van der Waals surface area contributed by atoms with Crippen molar-refractivity contribution < 1.29 is 25.3 Å². The first-order valence-corrected chi connectivity index (χ1v) is 11.9. The molecule has 3 N–H and O–H groups in total. The number of hydrogen-bond donors (Lipinski definition) is 3. The number of phenolic OH excluding ortho intramolecular Hbond substituents is 1. The van der Waals surface area contributed by atoms with E-state index in [0.29, 0.717) is 28.7 Å². The zero-order valence-electron chi connectivity index (χ0n) is 20.4. The molecule has 1 aliphatic rings. The van der Waals surface area contributed by atoms with E-state index in [-0.39, 0.29) is 28.4 Å². The molecule has 4 aromatic rings. The molecule has 0 spiro atoms. The van der Waals surface area contributed by atoms with Gasteiger partial charge in [-0.15, -0.1) is 5.11 Å². The summed E-state index contributed by atoms with van der Waals surface area (Å²) in [4.78, 5) is 11.3. The first kappa shape index (κ1) is 24.7. The molecule has 0 aliphatic carbocycles. The molecule has 0 saturated carbocycles. The Bertz CT molecular complexity index is 1580. The standard InChI is InChI=1S/C30H25N3O5/c1-18-8-10-19(11-9-18)16-26-27-20(14-15-33(26)38)12-13-25(29(27)35)32-31-24-7-3-6-23(28(24)34)21-4-2-5-22(17-21)30(36)37/h2-15,17,26,34-35,38H,16H2,1H3,(H,36,37)/p-1. The summed E-state index contributed by atoms with van der Waals surface area (Å²) in [6.45, 7) is 1.99. The minimum atomic E-state index is -1.07. The van der Waals surface area contributed by atoms with Crippen LogP contribution in [0.1, 0.15) is 38.7 Å². The number of carbonyl (C=O) groups is 1. The monoisotopic (exact) mass is 506 g/mol. The Labute approximate surface area is 219 Å². The second kappa shape index (κ2) is 10.2. The molecule has 1 unspecified atom stereocenters. The zero-order valence-corrected chi connectivity index (χ0v) is 20.4. The third-order valence-corrected chi connectivity index (χ3v) is 6.52. The molecule has 0 saturated heterocycles. The summed E-state index contributed by atoms with van der Waals surface area (Å²) in [5.74, 6) is -1.63. The summed E-state index contributed by atoms with van der Waals surface area (Å²) in [6.07, 6.45) is 3.62. The van der Waals surface area contributed by atoms with Crippen LogP contribution >= 0.6 is 0 Å². The van der Waals surface area contributed by atoms with E-state index >= 15 is 0 Å². The highest BCUT2D eigenvalue weighted by atomic mass is 16.5. The number of fused-ring (bicyclic) bond motifs is 1. The highest BCUT2D eigenvalue weighted by molar-refractivity contribution is 5.90. The average Bonchev–Trinajstić information content (AvgIpc) is 2.92. The molecule has 8 heteroatoms. The quantitative estimate of drug-likeness (QED) is 0.256. The molecule has 0 fully saturated rings. The van der Waals surface area contributed by atoms with Crippen molar-refractivity contribution in [2.75, 3.05) is 0 Å². The van der Waals surface area contributed by atoms with Crippen molar-refractivity contribution in [2.24, 2.45) is 10.2 Å². The number of aryl methyl sites for hydroxylation is 1. The van der Waals surface area contributed by atoms with Gasteiger partial charge < -0.3 is 15.3 Å². The molecule has 4 aromatic carbocycles. The fourth-order valence-electron chi connectivity index (χ4n) is 4.48. The number of aromatic hydroxyl groups is 1. The number of hydrogen-bond acceptors (Lipinski definition) is 7. The van der Waals surface area contributed by atoms with Gasteiger partial charge in [-0.3, -0.25) is 10.3 Å². The number of hydroxylamine groups is 2. The summed E-state index contributed by atoms with van der Waals surface area (Å²) in [7, 11) is 0. The molecule has 0 bridgehead atoms. The van der Waals surface area contributed by atoms with Crippen molar-refractivity contribution in [3.63, 3.8) is 0 Å². The number of phenols is 1. The number of carboxylic acid groups (broad SMARTS) is 1. The van der Waals surface area contributed by atoms with Gasteiger partial charge in [0, 0.05) is 11.8 Å². The van der Waals surface area contributed by atoms with Crippen LogP contribution in [0.4, 0.5) is 11.4 Å². The van der Waals surface area contributed by atoms with Gasteiger partial charge in [-0.1, -0.05) is 65.9 Å². The molecule has 0 radical (unpaired) electrons. The molecule has 38 heavy (non-hydrogen) atoms. The van der Waals surface area contributed by atoms with Crippen LogP contribution in [-0.2, 0) is 6.42 Å². The molecular weight excluding hydrogens is 482 g/mol. The van der Waals surface area contributed by atoms with Gasteiger partial charge in [0.25, 0.3) is 0 Å². The number of para-hydroxylation sites is 1. The fourth-order valence-corrected chi connectivity index (χ4v) is 4.48. The van der Waals surface area contributed by atoms with Crippen LogP contribution in [0.15, 0.2) is 95.3 Å². The molecule has 0 aromatic heterocycles. The first-order chi connectivity index (χ1) is 18.3. The zero-order chi connectivity index (χ0) is 26.8. The van der Waals surface area contributed by atoms with Gasteiger partial charge in [0.1, 0.15) is 5.69 Å². The number of aromatic carboxylic acids is 1. The van der Waals surface area contributed by atoms with Crippen LogP contribution in [0.5, 0.6) is 11.5 Å². The Morgan fingerprint density at radius 3 is 2.47 bits per heavy atom. The van der Waals surface area contributed by atoms with Gasteiger partial charge in [-0.2, -0.15) is 5.11 Å². The lowest BCUT2D eigenvalue weighted by molar-refractivity contribution is -0.270. The minimum Gasteiger partial charge on any atom is -0.871 e. The molecule has 1 aliphatic heterocycles. The van der Waals surface area contributed by atoms with Crippen LogP contribution in [0.3, 0.4) is 0 Å². The lowest BCUT2D eigenvalue weighted by atomic mass is 9.91. The Morgan fingerprint density at radius 2 is 1.71 bits per heavy atom. The maximum absolute atomic E-state index is 13.5. The number of rotatable bonds is 6. The first-order valence-electron chi connectivity index (χ1n) is 11.9. The van der Waals surface area contributed by atoms with E-state index in [1.807, 2.05) is 31.2 Å². The number of benzene rings is 4. The van der Waals surface area contributed by atoms with E-state index in [4.69, 9.17) is 0 Å². The Kier molecular flexibility index (Phi) is 6.64. The number of carboxylic acids is 1. The lowest BCUT2D eigenvalue weighted by Gasteiger charge is -2.34. The number of nitrogens with zero attached hydrogens (tertiary/aromatic N) is 3. The fraction of sp³-hybridized carbons (Fsp3) is 0.100. The van der Waals surface area contributed by atoms with Crippen molar-refractivity contribution >= 4 is 23.4 Å². The summed E-state index contributed by atoms with van der Waals surface area (Å²) >= 11 is 0. The van der Waals surface area contributed by atoms with E-state index in [0.717, 1.165) is 16.2 Å². The predicted molar refractivity (Wildman–Crippen MR) is 141 cm³/mol. The van der Waals surface area contributed by atoms with Crippen LogP contribution in [0, 0.1) is 6.92 Å². The van der Waals surface area contributed by atoms with Crippen LogP contribution in [-0.4, -0.2) is 26.5 Å². The largest absolute Gasteiger partial charge is 0.871 e. The topological polar surface area (TPSA) is 129 Å². The highest BCUT2D eigenvalue weighted by Gasteiger charge is 2.25. The summed E-state index contributed by atoms with van der Waals surface area (Å²) in [5, 5.41) is 53.5. The van der Waals surface area contributed by atoms with E-state index in [9.17, 15) is 25.3 Å². The summed E-state index contributed by atoms with van der Waals surface area (Å²) in [5.41, 5.74) is 4.37. The maximum Gasteiger partial charge on any atom is 0.335 e. The summed E-state index contributed by atoms with van der Waals surface area (Å²) < 4.78 is 0. The second-order valence-corrected chi connectivity index (χ2v) is 9.08. The highest BCUT2D eigenvalue weighted by Crippen LogP contribution is 2.43. The lowest BCUT2D eigenvalue weighted by Crippen LogP contribution is -2.26. The SMILES string of the molecule is Cc1ccc(CC2c3c(ccc(N=Nc4cccc(-c5cccc(C(=O)O)c5)c4O)c3[O-])C=CN2O)cc1. The van der Waals surface area contributed by atoms with Gasteiger partial charge in [0.05, 0.1) is 17.3 Å². The van der Waals surface area contributed by atoms with E-state index in [2.05, 4.69) is 10.2 Å². The van der Waals surface area contributed by atoms with Crippen molar-refractivity contribution in [3.05, 3.63) is 113 Å². The molecule has 1 heterocycles. The smallest absolute Gasteiger partial charge is 0.335 e. The van der Waals surface area contributed by atoms with E-state index < -0.39 is 12.0 Å². The van der Waals surface area contributed by atoms with Crippen molar-refractivity contribution in [3.8, 4) is 22.6 Å².